The molecule has 0 saturated carbocycles. The molecule has 16 heavy (non-hydrogen) atoms. The van der Waals surface area contributed by atoms with Crippen LogP contribution < -0.4 is 10.5 Å². The third-order valence-corrected chi connectivity index (χ3v) is 3.31. The summed E-state index contributed by atoms with van der Waals surface area (Å²) in [7, 11) is 0. The van der Waals surface area contributed by atoms with Crippen molar-refractivity contribution in [2.24, 2.45) is 5.73 Å². The van der Waals surface area contributed by atoms with Gasteiger partial charge in [0.15, 0.2) is 0 Å². The van der Waals surface area contributed by atoms with Gasteiger partial charge in [-0.2, -0.15) is 11.8 Å². The molecule has 2 N–H and O–H groups in total. The summed E-state index contributed by atoms with van der Waals surface area (Å²) in [6, 6.07) is 8.25. The zero-order valence-corrected chi connectivity index (χ0v) is 10.9. The molecule has 2 nitrogen and oxygen atoms in total. The van der Waals surface area contributed by atoms with E-state index < -0.39 is 0 Å². The van der Waals surface area contributed by atoms with Crippen molar-refractivity contribution in [3.63, 3.8) is 0 Å². The van der Waals surface area contributed by atoms with Gasteiger partial charge in [0.25, 0.3) is 0 Å². The quantitative estimate of drug-likeness (QED) is 0.742. The van der Waals surface area contributed by atoms with Crippen LogP contribution in [0.15, 0.2) is 24.3 Å². The fraction of sp³-hybridized carbons (Fsp3) is 0.538. The van der Waals surface area contributed by atoms with Crippen LogP contribution in [0.3, 0.4) is 0 Å². The second-order valence-electron chi connectivity index (χ2n) is 3.63. The van der Waals surface area contributed by atoms with E-state index in [0.717, 1.165) is 30.3 Å². The number of nitrogens with two attached hydrogens (primary N) is 1. The summed E-state index contributed by atoms with van der Waals surface area (Å²) in [5.74, 6) is 3.13. The van der Waals surface area contributed by atoms with E-state index in [1.54, 1.807) is 0 Å². The molecule has 0 fully saturated rings. The molecule has 0 aliphatic rings. The summed E-state index contributed by atoms with van der Waals surface area (Å²) >= 11 is 1.89. The van der Waals surface area contributed by atoms with Crippen molar-refractivity contribution in [2.75, 3.05) is 18.1 Å². The van der Waals surface area contributed by atoms with Crippen molar-refractivity contribution in [3.8, 4) is 5.75 Å². The molecule has 0 radical (unpaired) electrons. The number of hydrogen-bond donors (Lipinski definition) is 1. The third-order valence-electron chi connectivity index (χ3n) is 2.45. The molecule has 0 bridgehead atoms. The molecule has 0 aromatic heterocycles. The molecule has 0 heterocycles. The number of rotatable bonds is 7. The van der Waals surface area contributed by atoms with Crippen LogP contribution in [0.25, 0.3) is 0 Å². The lowest BCUT2D eigenvalue weighted by molar-refractivity contribution is 0.344. The summed E-state index contributed by atoms with van der Waals surface area (Å²) < 4.78 is 5.61. The molecule has 90 valence electrons. The van der Waals surface area contributed by atoms with Crippen LogP contribution in [-0.4, -0.2) is 18.1 Å². The molecule has 0 unspecified atom stereocenters. The Morgan fingerprint density at radius 1 is 1.25 bits per heavy atom. The Labute approximate surface area is 103 Å². The van der Waals surface area contributed by atoms with Gasteiger partial charge >= 0.3 is 0 Å². The maximum Gasteiger partial charge on any atom is 0.119 e. The second kappa shape index (κ2) is 7.58. The average molecular weight is 239 g/mol. The van der Waals surface area contributed by atoms with Crippen LogP contribution in [0.2, 0.25) is 0 Å². The van der Waals surface area contributed by atoms with Gasteiger partial charge in [-0.15, -0.1) is 0 Å². The van der Waals surface area contributed by atoms with Gasteiger partial charge in [0.1, 0.15) is 5.75 Å². The second-order valence-corrected chi connectivity index (χ2v) is 5.02. The molecular weight excluding hydrogens is 218 g/mol. The smallest absolute Gasteiger partial charge is 0.119 e. The topological polar surface area (TPSA) is 35.2 Å². The Morgan fingerprint density at radius 2 is 1.94 bits per heavy atom. The van der Waals surface area contributed by atoms with E-state index >= 15 is 0 Å². The van der Waals surface area contributed by atoms with Gasteiger partial charge in [-0.1, -0.05) is 26.0 Å². The van der Waals surface area contributed by atoms with Crippen LogP contribution >= 0.6 is 11.8 Å². The van der Waals surface area contributed by atoms with Gasteiger partial charge in [-0.05, 0) is 29.9 Å². The van der Waals surface area contributed by atoms with E-state index in [0.29, 0.717) is 0 Å². The van der Waals surface area contributed by atoms with Crippen molar-refractivity contribution in [3.05, 3.63) is 29.8 Å². The van der Waals surface area contributed by atoms with Crippen LogP contribution in [-0.2, 0) is 0 Å². The van der Waals surface area contributed by atoms with Gasteiger partial charge in [0.05, 0.1) is 6.61 Å². The van der Waals surface area contributed by atoms with E-state index in [4.69, 9.17) is 10.5 Å². The molecule has 3 heteroatoms. The lowest BCUT2D eigenvalue weighted by Gasteiger charge is -2.10. The first kappa shape index (κ1) is 13.4. The molecule has 0 amide bonds. The molecule has 1 aromatic rings. The highest BCUT2D eigenvalue weighted by atomic mass is 32.2. The molecule has 1 atom stereocenters. The Bertz CT molecular complexity index is 286. The molecule has 0 aliphatic heterocycles. The maximum atomic E-state index is 5.94. The monoisotopic (exact) mass is 239 g/mol. The van der Waals surface area contributed by atoms with Crippen molar-refractivity contribution < 1.29 is 4.74 Å². The average Bonchev–Trinajstić information content (AvgIpc) is 2.34. The van der Waals surface area contributed by atoms with Gasteiger partial charge < -0.3 is 10.5 Å². The first-order valence-electron chi connectivity index (χ1n) is 5.84. The predicted octanol–water partition coefficient (Wildman–Crippen LogP) is 3.23. The van der Waals surface area contributed by atoms with Crippen LogP contribution in [0.4, 0.5) is 0 Å². The third kappa shape index (κ3) is 4.45. The van der Waals surface area contributed by atoms with E-state index in [9.17, 15) is 0 Å². The summed E-state index contributed by atoms with van der Waals surface area (Å²) in [5, 5.41) is 0. The zero-order valence-electron chi connectivity index (χ0n) is 10.1. The van der Waals surface area contributed by atoms with Crippen molar-refractivity contribution in [1.29, 1.82) is 0 Å². The molecule has 1 rings (SSSR count). The fourth-order valence-electron chi connectivity index (χ4n) is 1.41. The number of benzene rings is 1. The lowest BCUT2D eigenvalue weighted by atomic mass is 10.1. The molecule has 0 saturated heterocycles. The molecule has 0 aliphatic carbocycles. The number of hydrogen-bond acceptors (Lipinski definition) is 3. The summed E-state index contributed by atoms with van der Waals surface area (Å²) in [4.78, 5) is 0. The Kier molecular flexibility index (Phi) is 6.34. The van der Waals surface area contributed by atoms with Crippen molar-refractivity contribution >= 4 is 11.8 Å². The Hall–Kier alpha value is -0.670. The minimum absolute atomic E-state index is 0.143. The first-order valence-corrected chi connectivity index (χ1v) is 6.99. The van der Waals surface area contributed by atoms with E-state index in [1.807, 2.05) is 23.9 Å². The summed E-state index contributed by atoms with van der Waals surface area (Å²) in [6.07, 6.45) is 0.966. The number of ether oxygens (including phenoxy) is 1. The molecule has 0 spiro atoms. The minimum atomic E-state index is 0.143. The normalized spacial score (nSPS) is 12.4. The van der Waals surface area contributed by atoms with Crippen LogP contribution in [0.5, 0.6) is 5.75 Å². The Morgan fingerprint density at radius 3 is 2.50 bits per heavy atom. The van der Waals surface area contributed by atoms with E-state index in [1.165, 1.54) is 5.56 Å². The van der Waals surface area contributed by atoms with Gasteiger partial charge in [-0.25, -0.2) is 0 Å². The first-order chi connectivity index (χ1) is 7.77. The minimum Gasteiger partial charge on any atom is -0.493 e. The maximum absolute atomic E-state index is 5.94. The predicted molar refractivity (Wildman–Crippen MR) is 72.2 cm³/mol. The fourth-order valence-corrected chi connectivity index (χ4v) is 1.90. The lowest BCUT2D eigenvalue weighted by Crippen LogP contribution is -2.08. The Balaban J connectivity index is 2.39. The standard InChI is InChI=1S/C13H21NOS/c1-3-13(14)11-5-7-12(8-6-11)15-9-10-16-4-2/h5-8,13H,3-4,9-10,14H2,1-2H3/t13-/m1/s1. The van der Waals surface area contributed by atoms with E-state index in [-0.39, 0.29) is 6.04 Å². The molecular formula is C13H21NOS. The number of thioether (sulfide) groups is 1. The highest BCUT2D eigenvalue weighted by Gasteiger charge is 2.02. The SMILES string of the molecule is CCSCCOc1ccc([C@H](N)CC)cc1. The van der Waals surface area contributed by atoms with Gasteiger partial charge in [0.2, 0.25) is 0 Å². The van der Waals surface area contributed by atoms with Crippen LogP contribution in [0, 0.1) is 0 Å². The van der Waals surface area contributed by atoms with Gasteiger partial charge in [-0.3, -0.25) is 0 Å². The highest BCUT2D eigenvalue weighted by Crippen LogP contribution is 2.18. The highest BCUT2D eigenvalue weighted by molar-refractivity contribution is 7.99. The summed E-state index contributed by atoms with van der Waals surface area (Å²) in [6.45, 7) is 5.03. The molecule has 1 aromatic carbocycles. The zero-order chi connectivity index (χ0) is 11.8. The van der Waals surface area contributed by atoms with Gasteiger partial charge in [0, 0.05) is 11.8 Å². The van der Waals surface area contributed by atoms with Crippen molar-refractivity contribution in [1.82, 2.24) is 0 Å². The van der Waals surface area contributed by atoms with E-state index in [2.05, 4.69) is 26.0 Å². The van der Waals surface area contributed by atoms with Crippen molar-refractivity contribution in [2.45, 2.75) is 26.3 Å². The summed E-state index contributed by atoms with van der Waals surface area (Å²) in [5.41, 5.74) is 7.12. The largest absolute Gasteiger partial charge is 0.493 e. The van der Waals surface area contributed by atoms with Crippen LogP contribution in [0.1, 0.15) is 31.9 Å².